The van der Waals surface area contributed by atoms with E-state index in [4.69, 9.17) is 4.74 Å². The molecular weight excluding hydrogens is 397 g/mol. The monoisotopic (exact) mass is 423 g/mol. The number of benzene rings is 3. The topological polar surface area (TPSA) is 52.6 Å². The molecule has 0 aromatic heterocycles. The van der Waals surface area contributed by atoms with Crippen molar-refractivity contribution in [2.45, 2.75) is 39.2 Å². The van der Waals surface area contributed by atoms with Gasteiger partial charge in [-0.25, -0.2) is 0 Å². The average Bonchev–Trinajstić information content (AvgIpc) is 2.77. The molecule has 0 aliphatic carbocycles. The van der Waals surface area contributed by atoms with E-state index in [1.807, 2.05) is 31.2 Å². The molecule has 0 N–H and O–H groups in total. The quantitative estimate of drug-likeness (QED) is 0.539. The van der Waals surface area contributed by atoms with Crippen LogP contribution >= 0.6 is 0 Å². The maximum absolute atomic E-state index is 10.7. The zero-order chi connectivity index (χ0) is 20.9. The smallest absolute Gasteiger partial charge is 0.550 e. The molecule has 1 heterocycles. The SMILES string of the molecule is Cc1cc(OCc2ccc3c(c2)N(c2ccccc2)CCC3)ccc1CCC(=O)[O-].[Na+]. The third kappa shape index (κ3) is 5.91. The first-order valence-electron chi connectivity index (χ1n) is 10.5. The van der Waals surface area contributed by atoms with Crippen molar-refractivity contribution in [2.24, 2.45) is 0 Å². The summed E-state index contributed by atoms with van der Waals surface area (Å²) >= 11 is 0. The molecule has 3 aromatic rings. The normalized spacial score (nSPS) is 12.6. The van der Waals surface area contributed by atoms with Crippen LogP contribution in [0.4, 0.5) is 11.4 Å². The van der Waals surface area contributed by atoms with E-state index >= 15 is 0 Å². The van der Waals surface area contributed by atoms with E-state index in [-0.39, 0.29) is 36.0 Å². The Balaban J connectivity index is 0.00000272. The standard InChI is InChI=1S/C26H27NO3.Na/c1-19-16-24(13-11-21(19)12-14-26(28)29)30-18-20-9-10-22-6-5-15-27(25(22)17-20)23-7-3-2-4-8-23;/h2-4,7-11,13,16-17H,5-6,12,14-15,18H2,1H3,(H,28,29);/q;+1/p-1. The van der Waals surface area contributed by atoms with Crippen molar-refractivity contribution >= 4 is 17.3 Å². The van der Waals surface area contributed by atoms with Crippen LogP contribution in [-0.4, -0.2) is 12.5 Å². The second kappa shape index (κ2) is 10.9. The number of carbonyl (C=O) groups is 1. The van der Waals surface area contributed by atoms with Crippen LogP contribution in [0.25, 0.3) is 0 Å². The van der Waals surface area contributed by atoms with Crippen molar-refractivity contribution in [1.82, 2.24) is 0 Å². The molecule has 0 fully saturated rings. The Kier molecular flexibility index (Phi) is 8.19. The fourth-order valence-corrected chi connectivity index (χ4v) is 4.03. The van der Waals surface area contributed by atoms with Crippen LogP contribution in [0.2, 0.25) is 0 Å². The molecule has 0 amide bonds. The van der Waals surface area contributed by atoms with Crippen molar-refractivity contribution < 1.29 is 44.2 Å². The Morgan fingerprint density at radius 1 is 1.06 bits per heavy atom. The van der Waals surface area contributed by atoms with E-state index in [1.54, 1.807) is 0 Å². The van der Waals surface area contributed by atoms with E-state index in [2.05, 4.69) is 47.4 Å². The molecular formula is C26H26NNaO3. The molecule has 1 aliphatic rings. The average molecular weight is 423 g/mol. The Labute approximate surface area is 206 Å². The van der Waals surface area contributed by atoms with Gasteiger partial charge < -0.3 is 19.5 Å². The van der Waals surface area contributed by atoms with Gasteiger partial charge in [-0.05, 0) is 85.2 Å². The number of hydrogen-bond acceptors (Lipinski definition) is 4. The first-order valence-corrected chi connectivity index (χ1v) is 10.5. The Bertz CT molecular complexity index is 1040. The number of fused-ring (bicyclic) bond motifs is 1. The van der Waals surface area contributed by atoms with Gasteiger partial charge in [-0.2, -0.15) is 0 Å². The fraction of sp³-hybridized carbons (Fsp3) is 0.269. The third-order valence-electron chi connectivity index (χ3n) is 5.65. The number of para-hydroxylation sites is 1. The van der Waals surface area contributed by atoms with E-state index in [0.29, 0.717) is 13.0 Å². The molecule has 0 radical (unpaired) electrons. The van der Waals surface area contributed by atoms with Gasteiger partial charge in [-0.15, -0.1) is 0 Å². The number of hydrogen-bond donors (Lipinski definition) is 0. The summed E-state index contributed by atoms with van der Waals surface area (Å²) in [6, 6.07) is 22.9. The summed E-state index contributed by atoms with van der Waals surface area (Å²) in [5, 5.41) is 10.7. The third-order valence-corrected chi connectivity index (χ3v) is 5.65. The fourth-order valence-electron chi connectivity index (χ4n) is 4.03. The minimum Gasteiger partial charge on any atom is -0.550 e. The molecule has 0 saturated heterocycles. The molecule has 1 aliphatic heterocycles. The van der Waals surface area contributed by atoms with Crippen LogP contribution in [0.5, 0.6) is 5.75 Å². The van der Waals surface area contributed by atoms with Crippen molar-refractivity contribution in [3.05, 3.63) is 89.0 Å². The molecule has 4 rings (SSSR count). The number of nitrogens with zero attached hydrogens (tertiary/aromatic N) is 1. The minimum absolute atomic E-state index is 0. The minimum atomic E-state index is -1.02. The molecule has 0 unspecified atom stereocenters. The molecule has 0 atom stereocenters. The van der Waals surface area contributed by atoms with Crippen LogP contribution in [0.1, 0.15) is 35.1 Å². The maximum atomic E-state index is 10.7. The summed E-state index contributed by atoms with van der Waals surface area (Å²) in [6.45, 7) is 3.50. The maximum Gasteiger partial charge on any atom is 1.00 e. The molecule has 4 nitrogen and oxygen atoms in total. The number of carboxylic acid groups (broad SMARTS) is 1. The molecule has 3 aromatic carbocycles. The summed E-state index contributed by atoms with van der Waals surface area (Å²) in [7, 11) is 0. The van der Waals surface area contributed by atoms with Crippen LogP contribution in [0.15, 0.2) is 66.7 Å². The van der Waals surface area contributed by atoms with Crippen LogP contribution < -0.4 is 44.3 Å². The predicted octanol–water partition coefficient (Wildman–Crippen LogP) is 1.34. The first kappa shape index (κ1) is 23.4. The second-order valence-corrected chi connectivity index (χ2v) is 7.80. The largest absolute Gasteiger partial charge is 1.00 e. The van der Waals surface area contributed by atoms with Crippen LogP contribution in [0, 0.1) is 6.92 Å². The number of carboxylic acids is 1. The van der Waals surface area contributed by atoms with Gasteiger partial charge >= 0.3 is 29.6 Å². The Morgan fingerprint density at radius 3 is 2.61 bits per heavy atom. The first-order chi connectivity index (χ1) is 14.6. The number of rotatable bonds is 7. The van der Waals surface area contributed by atoms with Gasteiger partial charge in [-0.1, -0.05) is 36.4 Å². The molecule has 5 heteroatoms. The summed E-state index contributed by atoms with van der Waals surface area (Å²) in [4.78, 5) is 13.1. The van der Waals surface area contributed by atoms with Crippen molar-refractivity contribution in [1.29, 1.82) is 0 Å². The van der Waals surface area contributed by atoms with Crippen LogP contribution in [0.3, 0.4) is 0 Å². The Hall–Kier alpha value is -2.27. The van der Waals surface area contributed by atoms with Crippen molar-refractivity contribution in [3.8, 4) is 5.75 Å². The van der Waals surface area contributed by atoms with Gasteiger partial charge in [-0.3, -0.25) is 0 Å². The number of carbonyl (C=O) groups excluding carboxylic acids is 1. The van der Waals surface area contributed by atoms with Crippen molar-refractivity contribution in [2.75, 3.05) is 11.4 Å². The van der Waals surface area contributed by atoms with Crippen molar-refractivity contribution in [3.63, 3.8) is 0 Å². The molecule has 0 saturated carbocycles. The van der Waals surface area contributed by atoms with E-state index in [9.17, 15) is 9.90 Å². The number of aryl methyl sites for hydroxylation is 3. The number of ether oxygens (including phenoxy) is 1. The molecule has 0 spiro atoms. The van der Waals surface area contributed by atoms with Crippen LogP contribution in [-0.2, 0) is 24.2 Å². The number of anilines is 2. The summed E-state index contributed by atoms with van der Waals surface area (Å²) < 4.78 is 6.04. The predicted molar refractivity (Wildman–Crippen MR) is 117 cm³/mol. The van der Waals surface area contributed by atoms with E-state index in [1.165, 1.54) is 16.9 Å². The van der Waals surface area contributed by atoms with Gasteiger partial charge in [0.25, 0.3) is 0 Å². The molecule has 0 bridgehead atoms. The van der Waals surface area contributed by atoms with E-state index in [0.717, 1.165) is 41.8 Å². The second-order valence-electron chi connectivity index (χ2n) is 7.80. The Morgan fingerprint density at radius 2 is 1.87 bits per heavy atom. The zero-order valence-electron chi connectivity index (χ0n) is 18.3. The number of aliphatic carboxylic acids is 1. The summed E-state index contributed by atoms with van der Waals surface area (Å²) in [5.41, 5.74) is 7.05. The van der Waals surface area contributed by atoms with Gasteiger partial charge in [0.15, 0.2) is 0 Å². The van der Waals surface area contributed by atoms with Gasteiger partial charge in [0.2, 0.25) is 0 Å². The van der Waals surface area contributed by atoms with Gasteiger partial charge in [0, 0.05) is 23.9 Å². The molecule has 31 heavy (non-hydrogen) atoms. The molecule has 154 valence electrons. The van der Waals surface area contributed by atoms with Gasteiger partial charge in [0.1, 0.15) is 12.4 Å². The van der Waals surface area contributed by atoms with Gasteiger partial charge in [0.05, 0.1) is 0 Å². The summed E-state index contributed by atoms with van der Waals surface area (Å²) in [6.07, 6.45) is 2.77. The summed E-state index contributed by atoms with van der Waals surface area (Å²) in [5.74, 6) is -0.228. The zero-order valence-corrected chi connectivity index (χ0v) is 20.3. The van der Waals surface area contributed by atoms with E-state index < -0.39 is 5.97 Å².